The van der Waals surface area contributed by atoms with Crippen LogP contribution in [0.1, 0.15) is 47.6 Å². The molecule has 1 fully saturated rings. The van der Waals surface area contributed by atoms with E-state index < -0.39 is 24.8 Å². The Labute approximate surface area is 423 Å². The summed E-state index contributed by atoms with van der Waals surface area (Å²) in [6, 6.07) is 41.6. The van der Waals surface area contributed by atoms with E-state index in [1.807, 2.05) is 90.3 Å². The molecule has 3 heterocycles. The molecule has 0 spiro atoms. The minimum absolute atomic E-state index is 0. The molecule has 346 valence electrons. The maximum Gasteiger partial charge on any atom is 1.00 e. The quantitative estimate of drug-likeness (QED) is 0.0856. The van der Waals surface area contributed by atoms with Crippen molar-refractivity contribution >= 4 is 102 Å². The van der Waals surface area contributed by atoms with Gasteiger partial charge in [-0.2, -0.15) is 26.3 Å². The van der Waals surface area contributed by atoms with Crippen LogP contribution in [0.15, 0.2) is 133 Å². The molecule has 0 aliphatic carbocycles. The fourth-order valence-electron chi connectivity index (χ4n) is 6.47. The van der Waals surface area contributed by atoms with Gasteiger partial charge in [0.15, 0.2) is 17.4 Å². The van der Waals surface area contributed by atoms with Gasteiger partial charge < -0.3 is 16.8 Å². The number of carbonyl (C=O) groups is 1. The maximum absolute atomic E-state index is 12.3. The van der Waals surface area contributed by atoms with E-state index in [0.717, 1.165) is 72.3 Å². The molecule has 1 aliphatic rings. The number of hydrogen-bond donors (Lipinski definition) is 2. The van der Waals surface area contributed by atoms with Crippen LogP contribution in [0.25, 0.3) is 65.9 Å². The largest absolute Gasteiger partial charge is 1.00 e. The number of anilines is 2. The number of halogens is 6. The molecule has 6 aromatic carbocycles. The summed E-state index contributed by atoms with van der Waals surface area (Å²) in [5.74, 6) is -1.99. The maximum atomic E-state index is 12.3. The van der Waals surface area contributed by atoms with Crippen LogP contribution in [0.4, 0.5) is 37.7 Å². The summed E-state index contributed by atoms with van der Waals surface area (Å²) in [6.07, 6.45) is 1.09. The Hall–Kier alpha value is -5.48. The van der Waals surface area contributed by atoms with Crippen LogP contribution < -0.4 is 29.5 Å². The molecule has 2 aromatic heterocycles. The summed E-state index contributed by atoms with van der Waals surface area (Å²) in [7, 11) is 0. The van der Waals surface area contributed by atoms with Gasteiger partial charge >= 0.3 is 37.1 Å². The number of hydrogen-bond acceptors (Lipinski definition) is 7. The fraction of sp³-hybridized carbons (Fsp3) is 0.173. The van der Waals surface area contributed by atoms with Crippen molar-refractivity contribution in [1.82, 2.24) is 9.97 Å². The zero-order valence-electron chi connectivity index (χ0n) is 37.8. The van der Waals surface area contributed by atoms with Gasteiger partial charge in [0.25, 0.3) is 0 Å². The van der Waals surface area contributed by atoms with Crippen LogP contribution in [0.2, 0.25) is 0 Å². The van der Waals surface area contributed by atoms with Gasteiger partial charge in [0.1, 0.15) is 16.6 Å². The van der Waals surface area contributed by atoms with E-state index in [1.165, 1.54) is 40.8 Å². The number of fused-ring (bicyclic) bond motifs is 2. The van der Waals surface area contributed by atoms with Crippen LogP contribution in [0, 0.1) is 13.8 Å². The number of nitrogens with zero attached hydrogens (tertiary/aromatic N) is 2. The van der Waals surface area contributed by atoms with Crippen molar-refractivity contribution in [2.24, 2.45) is 0 Å². The minimum atomic E-state index is -4.91. The van der Waals surface area contributed by atoms with Gasteiger partial charge in [0, 0.05) is 35.7 Å². The third kappa shape index (κ3) is 16.1. The molecule has 1 amide bonds. The number of benzene rings is 6. The number of aryl methyl sites for hydroxylation is 2. The van der Waals surface area contributed by atoms with E-state index in [9.17, 15) is 31.1 Å². The number of thiazole rings is 2. The Balaban J connectivity index is 0.000000262. The number of aromatic nitrogens is 2. The number of nitrogens with one attached hydrogen (secondary N) is 2. The summed E-state index contributed by atoms with van der Waals surface area (Å²) in [5.41, 5.74) is 10.8. The molecule has 1 saturated heterocycles. The molecule has 9 rings (SSSR count). The second-order valence-corrected chi connectivity index (χ2v) is 17.4. The van der Waals surface area contributed by atoms with Crippen molar-refractivity contribution < 1.29 is 56.2 Å². The Kier molecular flexibility index (Phi) is 19.4. The molecular formula is C52H48AlF6LiN4O2S2. The van der Waals surface area contributed by atoms with Crippen molar-refractivity contribution in [3.8, 4) is 21.1 Å². The molecule has 0 unspecified atom stereocenters. The summed E-state index contributed by atoms with van der Waals surface area (Å²) < 4.78 is 81.0. The van der Waals surface area contributed by atoms with E-state index in [-0.39, 0.29) is 43.3 Å². The van der Waals surface area contributed by atoms with Gasteiger partial charge in [-0.15, -0.1) is 22.7 Å². The van der Waals surface area contributed by atoms with Gasteiger partial charge in [-0.1, -0.05) is 109 Å². The fourth-order valence-corrected chi connectivity index (χ4v) is 8.61. The number of alkyl halides is 6. The number of carbonyl (C=O) groups excluding carboxylic acids is 1. The zero-order valence-corrected chi connectivity index (χ0v) is 38.5. The van der Waals surface area contributed by atoms with Crippen molar-refractivity contribution in [2.75, 3.05) is 30.4 Å². The third-order valence-corrected chi connectivity index (χ3v) is 12.1. The van der Waals surface area contributed by atoms with E-state index in [4.69, 9.17) is 14.7 Å². The Bertz CT molecular complexity index is 2930. The van der Waals surface area contributed by atoms with Crippen molar-refractivity contribution in [3.63, 3.8) is 0 Å². The molecule has 8 aromatic rings. The summed E-state index contributed by atoms with van der Waals surface area (Å²) in [6.45, 7) is 5.10. The summed E-state index contributed by atoms with van der Waals surface area (Å²) in [4.78, 5) is 20.4. The first kappa shape index (κ1) is 53.5. The molecule has 2 N–H and O–H groups in total. The molecule has 0 atom stereocenters. The van der Waals surface area contributed by atoms with E-state index in [1.54, 1.807) is 59.1 Å². The standard InChI is InChI=1S/C24H17F3N2OS.C24H19F3N2S.C4H8O.Al.Li.4H/c1-15-2-13-20-21(14-15)31-22(29-20)18-9-5-16(6-10-18)3-4-17-7-11-19(12-8-17)28-23(30)24(25,26)27;1-16-2-13-21-22(14-16)30-23(29-21)19-9-5-17(6-10-19)3-4-18-7-11-20(12-8-18)28-15-24(25,26)27;1-2-4-5-3-1;;;;;;/h2-14H,1H3,(H,28,30);2-14,28H,15H2,1H3;1-4H2;;;;;;/q;;;;+1;;;;-1/b2*4-3+;;;;;;;. The third-order valence-electron chi connectivity index (χ3n) is 10.00. The van der Waals surface area contributed by atoms with Crippen LogP contribution in [-0.4, -0.2) is 65.3 Å². The van der Waals surface area contributed by atoms with Gasteiger partial charge in [0.2, 0.25) is 0 Å². The molecule has 1 aliphatic heterocycles. The summed E-state index contributed by atoms with van der Waals surface area (Å²) in [5, 5.41) is 6.15. The van der Waals surface area contributed by atoms with Crippen LogP contribution >= 0.6 is 22.7 Å². The summed E-state index contributed by atoms with van der Waals surface area (Å²) >= 11 is 3.34. The molecule has 16 heteroatoms. The second-order valence-electron chi connectivity index (χ2n) is 15.4. The SMILES string of the molecule is C1CCOC1.Cc1ccc2nc(-c3ccc(/C=C/c4ccc(NC(=O)C(F)(F)F)cc4)cc3)sc2c1.Cc1ccc2nc(-c3ccc(/C=C/c4ccc(NCC(F)(F)F)cc4)cc3)sc2c1.[AlH3].[H-].[Li+]. The molecular weight excluding hydrogens is 925 g/mol. The smallest absolute Gasteiger partial charge is 1.00 e. The normalized spacial score (nSPS) is 12.5. The van der Waals surface area contributed by atoms with Gasteiger partial charge in [-0.25, -0.2) is 9.97 Å². The molecule has 6 nitrogen and oxygen atoms in total. The molecule has 68 heavy (non-hydrogen) atoms. The molecule has 0 saturated carbocycles. The average Bonchev–Trinajstić information content (AvgIpc) is 4.11. The Morgan fingerprint density at radius 1 is 0.603 bits per heavy atom. The monoisotopic (exact) mass is 972 g/mol. The first-order valence-electron chi connectivity index (χ1n) is 20.9. The Morgan fingerprint density at radius 3 is 1.34 bits per heavy atom. The van der Waals surface area contributed by atoms with E-state index >= 15 is 0 Å². The zero-order chi connectivity index (χ0) is 46.7. The number of amides is 1. The molecule has 0 radical (unpaired) electrons. The van der Waals surface area contributed by atoms with Crippen molar-refractivity contribution in [2.45, 2.75) is 39.0 Å². The predicted octanol–water partition coefficient (Wildman–Crippen LogP) is 11.1. The average molecular weight is 973 g/mol. The van der Waals surface area contributed by atoms with Gasteiger partial charge in [0.05, 0.1) is 20.4 Å². The van der Waals surface area contributed by atoms with Gasteiger partial charge in [-0.3, -0.25) is 4.79 Å². The second kappa shape index (κ2) is 24.7. The Morgan fingerprint density at radius 2 is 0.985 bits per heavy atom. The van der Waals surface area contributed by atoms with Crippen molar-refractivity contribution in [1.29, 1.82) is 0 Å². The van der Waals surface area contributed by atoms with Crippen LogP contribution in [-0.2, 0) is 9.53 Å². The van der Waals surface area contributed by atoms with Gasteiger partial charge in [-0.05, 0) is 109 Å². The van der Waals surface area contributed by atoms with Crippen LogP contribution in [0.3, 0.4) is 0 Å². The first-order valence-corrected chi connectivity index (χ1v) is 22.5. The first-order chi connectivity index (χ1) is 31.6. The minimum Gasteiger partial charge on any atom is -1.00 e. The number of ether oxygens (including phenoxy) is 1. The van der Waals surface area contributed by atoms with E-state index in [2.05, 4.69) is 43.4 Å². The predicted molar refractivity (Wildman–Crippen MR) is 271 cm³/mol. The van der Waals surface area contributed by atoms with Crippen LogP contribution in [0.5, 0.6) is 0 Å². The number of rotatable bonds is 9. The molecule has 0 bridgehead atoms. The van der Waals surface area contributed by atoms with Crippen molar-refractivity contribution in [3.05, 3.63) is 167 Å². The topological polar surface area (TPSA) is 76.1 Å². The van der Waals surface area contributed by atoms with E-state index in [0.29, 0.717) is 5.69 Å².